The molecule has 9 nitrogen and oxygen atoms in total. The van der Waals surface area contributed by atoms with Gasteiger partial charge < -0.3 is 5.32 Å². The highest BCUT2D eigenvalue weighted by molar-refractivity contribution is 8.18. The van der Waals surface area contributed by atoms with Crippen LogP contribution in [0.4, 0.5) is 17.1 Å². The molecule has 1 aliphatic heterocycles. The molecule has 0 spiro atoms. The van der Waals surface area contributed by atoms with Crippen LogP contribution < -0.4 is 5.32 Å². The van der Waals surface area contributed by atoms with E-state index in [-0.39, 0.29) is 27.1 Å². The van der Waals surface area contributed by atoms with Crippen molar-refractivity contribution in [1.29, 1.82) is 0 Å². The molecule has 1 saturated heterocycles. The third-order valence-electron chi connectivity index (χ3n) is 3.33. The zero-order chi connectivity index (χ0) is 18.7. The Labute approximate surface area is 150 Å². The number of carbonyl (C=O) groups is 1. The van der Waals surface area contributed by atoms with Crippen LogP contribution in [-0.4, -0.2) is 20.9 Å². The first-order chi connectivity index (χ1) is 12.4. The van der Waals surface area contributed by atoms with Gasteiger partial charge in [-0.1, -0.05) is 24.3 Å². The molecule has 0 atom stereocenters. The van der Waals surface area contributed by atoms with E-state index >= 15 is 0 Å². The van der Waals surface area contributed by atoms with Crippen molar-refractivity contribution in [2.45, 2.75) is 0 Å². The quantitative estimate of drug-likeness (QED) is 0.499. The van der Waals surface area contributed by atoms with Crippen molar-refractivity contribution < 1.29 is 14.6 Å². The molecule has 1 N–H and O–H groups in total. The van der Waals surface area contributed by atoms with Crippen molar-refractivity contribution >= 4 is 46.0 Å². The van der Waals surface area contributed by atoms with Gasteiger partial charge in [-0.25, -0.2) is 4.99 Å². The molecule has 2 aromatic rings. The Morgan fingerprint density at radius 3 is 2.54 bits per heavy atom. The summed E-state index contributed by atoms with van der Waals surface area (Å²) in [5.41, 5.74) is 0.350. The standard InChI is InChI=1S/C16H10N4O5S/c21-15-14(9-10-4-3-5-11(8-10)19(22)23)26-16(18-15)17-12-6-1-2-7-13(12)20(24)25/h1-9H,(H,17,18,21)/b14-9-. The molecular weight excluding hydrogens is 360 g/mol. The Kier molecular flexibility index (Phi) is 4.76. The van der Waals surface area contributed by atoms with Crippen LogP contribution >= 0.6 is 11.8 Å². The van der Waals surface area contributed by atoms with E-state index in [1.54, 1.807) is 12.1 Å². The van der Waals surface area contributed by atoms with Gasteiger partial charge in [0.25, 0.3) is 17.3 Å². The fourth-order valence-corrected chi connectivity index (χ4v) is 3.02. The number of carbonyl (C=O) groups excluding carboxylic acids is 1. The van der Waals surface area contributed by atoms with Crippen LogP contribution in [0.5, 0.6) is 0 Å². The molecule has 10 heteroatoms. The number of para-hydroxylation sites is 2. The molecule has 3 rings (SSSR count). The third kappa shape index (κ3) is 3.75. The van der Waals surface area contributed by atoms with Crippen molar-refractivity contribution in [1.82, 2.24) is 5.32 Å². The van der Waals surface area contributed by atoms with E-state index in [0.29, 0.717) is 5.56 Å². The molecule has 0 bridgehead atoms. The highest BCUT2D eigenvalue weighted by Gasteiger charge is 2.25. The monoisotopic (exact) mass is 370 g/mol. The molecule has 1 fully saturated rings. The van der Waals surface area contributed by atoms with E-state index in [9.17, 15) is 25.0 Å². The molecule has 1 aliphatic rings. The molecule has 130 valence electrons. The number of aliphatic imine (C=N–C) groups is 1. The van der Waals surface area contributed by atoms with Crippen LogP contribution in [0.2, 0.25) is 0 Å². The Morgan fingerprint density at radius 1 is 1.04 bits per heavy atom. The van der Waals surface area contributed by atoms with Gasteiger partial charge in [0.2, 0.25) is 0 Å². The SMILES string of the molecule is O=C1NC(=Nc2ccccc2[N+](=O)[O-])S/C1=C\c1cccc([N+](=O)[O-])c1. The predicted molar refractivity (Wildman–Crippen MR) is 97.0 cm³/mol. The maximum atomic E-state index is 12.1. The summed E-state index contributed by atoms with van der Waals surface area (Å²) < 4.78 is 0. The van der Waals surface area contributed by atoms with Crippen molar-refractivity contribution in [2.75, 3.05) is 0 Å². The molecular formula is C16H10N4O5S. The zero-order valence-corrected chi connectivity index (χ0v) is 13.8. The van der Waals surface area contributed by atoms with E-state index < -0.39 is 15.8 Å². The van der Waals surface area contributed by atoms with E-state index in [4.69, 9.17) is 0 Å². The molecule has 1 heterocycles. The van der Waals surface area contributed by atoms with E-state index in [0.717, 1.165) is 11.8 Å². The van der Waals surface area contributed by atoms with E-state index in [2.05, 4.69) is 10.3 Å². The molecule has 1 amide bonds. The topological polar surface area (TPSA) is 128 Å². The zero-order valence-electron chi connectivity index (χ0n) is 13.0. The summed E-state index contributed by atoms with van der Waals surface area (Å²) in [4.78, 5) is 37.2. The van der Waals surface area contributed by atoms with E-state index in [1.807, 2.05) is 0 Å². The van der Waals surface area contributed by atoms with E-state index in [1.165, 1.54) is 42.5 Å². The maximum Gasteiger partial charge on any atom is 0.294 e. The number of nitrogens with zero attached hydrogens (tertiary/aromatic N) is 3. The number of nitrogens with one attached hydrogen (secondary N) is 1. The summed E-state index contributed by atoms with van der Waals surface area (Å²) in [7, 11) is 0. The van der Waals surface area contributed by atoms with Crippen LogP contribution in [0.3, 0.4) is 0 Å². The second-order valence-electron chi connectivity index (χ2n) is 5.08. The van der Waals surface area contributed by atoms with Gasteiger partial charge in [-0.2, -0.15) is 0 Å². The van der Waals surface area contributed by atoms with Crippen LogP contribution in [0.25, 0.3) is 6.08 Å². The highest BCUT2D eigenvalue weighted by atomic mass is 32.2. The second kappa shape index (κ2) is 7.15. The van der Waals surface area contributed by atoms with Gasteiger partial charge in [0.15, 0.2) is 5.17 Å². The Morgan fingerprint density at radius 2 is 1.81 bits per heavy atom. The molecule has 0 aromatic heterocycles. The van der Waals surface area contributed by atoms with Crippen molar-refractivity contribution in [2.24, 2.45) is 4.99 Å². The van der Waals surface area contributed by atoms with Crippen LogP contribution in [0, 0.1) is 20.2 Å². The number of amides is 1. The number of rotatable bonds is 4. The van der Waals surface area contributed by atoms with Gasteiger partial charge in [-0.15, -0.1) is 0 Å². The first kappa shape index (κ1) is 17.3. The number of nitro groups is 2. The largest absolute Gasteiger partial charge is 0.300 e. The molecule has 0 aliphatic carbocycles. The lowest BCUT2D eigenvalue weighted by Crippen LogP contribution is -2.19. The summed E-state index contributed by atoms with van der Waals surface area (Å²) in [6, 6.07) is 11.8. The van der Waals surface area contributed by atoms with Crippen molar-refractivity contribution in [3.05, 3.63) is 79.2 Å². The molecule has 0 radical (unpaired) electrons. The molecule has 0 saturated carbocycles. The fraction of sp³-hybridized carbons (Fsp3) is 0. The normalized spacial score (nSPS) is 16.7. The first-order valence-electron chi connectivity index (χ1n) is 7.21. The summed E-state index contributed by atoms with van der Waals surface area (Å²) in [6.07, 6.45) is 1.49. The molecule has 26 heavy (non-hydrogen) atoms. The number of thioether (sulfide) groups is 1. The minimum absolute atomic E-state index is 0.0865. The van der Waals surface area contributed by atoms with Crippen LogP contribution in [-0.2, 0) is 4.79 Å². The molecule has 2 aromatic carbocycles. The van der Waals surface area contributed by atoms with Gasteiger partial charge in [-0.05, 0) is 29.5 Å². The summed E-state index contributed by atoms with van der Waals surface area (Å²) in [6.45, 7) is 0. The third-order valence-corrected chi connectivity index (χ3v) is 4.24. The van der Waals surface area contributed by atoms with Crippen LogP contribution in [0.1, 0.15) is 5.56 Å². The summed E-state index contributed by atoms with van der Waals surface area (Å²) >= 11 is 1.00. The minimum atomic E-state index is -0.555. The Hall–Kier alpha value is -3.53. The summed E-state index contributed by atoms with van der Waals surface area (Å²) in [5, 5.41) is 24.6. The van der Waals surface area contributed by atoms with Gasteiger partial charge in [0.1, 0.15) is 5.69 Å². The van der Waals surface area contributed by atoms with Gasteiger partial charge in [0.05, 0.1) is 14.8 Å². The van der Waals surface area contributed by atoms with Gasteiger partial charge in [0, 0.05) is 18.2 Å². The molecule has 0 unspecified atom stereocenters. The first-order valence-corrected chi connectivity index (χ1v) is 8.03. The van der Waals surface area contributed by atoms with Crippen LogP contribution in [0.15, 0.2) is 58.4 Å². The second-order valence-corrected chi connectivity index (χ2v) is 6.11. The summed E-state index contributed by atoms with van der Waals surface area (Å²) in [5.74, 6) is -0.432. The average molecular weight is 370 g/mol. The van der Waals surface area contributed by atoms with Crippen molar-refractivity contribution in [3.63, 3.8) is 0 Å². The Balaban J connectivity index is 1.89. The number of amidine groups is 1. The maximum absolute atomic E-state index is 12.1. The lowest BCUT2D eigenvalue weighted by atomic mass is 10.2. The van der Waals surface area contributed by atoms with Crippen molar-refractivity contribution in [3.8, 4) is 0 Å². The predicted octanol–water partition coefficient (Wildman–Crippen LogP) is 3.39. The number of non-ortho nitro benzene ring substituents is 1. The number of benzene rings is 2. The average Bonchev–Trinajstić information content (AvgIpc) is 2.94. The van der Waals surface area contributed by atoms with Gasteiger partial charge >= 0.3 is 0 Å². The highest BCUT2D eigenvalue weighted by Crippen LogP contribution is 2.32. The lowest BCUT2D eigenvalue weighted by molar-refractivity contribution is -0.384. The fourth-order valence-electron chi connectivity index (χ4n) is 2.18. The van der Waals surface area contributed by atoms with Gasteiger partial charge in [-0.3, -0.25) is 25.0 Å². The lowest BCUT2D eigenvalue weighted by Gasteiger charge is -1.98. The smallest absolute Gasteiger partial charge is 0.294 e. The number of hydrogen-bond acceptors (Lipinski definition) is 7. The Bertz CT molecular complexity index is 986. The number of nitro benzene ring substituents is 2. The minimum Gasteiger partial charge on any atom is -0.300 e. The number of hydrogen-bond donors (Lipinski definition) is 1.